The lowest BCUT2D eigenvalue weighted by molar-refractivity contribution is -0.143. The molecule has 1 heterocycles. The second kappa shape index (κ2) is 6.55. The standard InChI is InChI=1S/C11H17NO3.ClH/c1-2-3-6-11(12,10(13)14)8-9-5-4-7-15-9;/h4-5,7H,2-3,6,8,12H2,1H3,(H,13,14);1H/t11-;/m1./s1. The summed E-state index contributed by atoms with van der Waals surface area (Å²) in [5.41, 5.74) is 4.66. The van der Waals surface area contributed by atoms with E-state index in [9.17, 15) is 4.79 Å². The van der Waals surface area contributed by atoms with Gasteiger partial charge in [-0.05, 0) is 18.6 Å². The largest absolute Gasteiger partial charge is 0.480 e. The fourth-order valence-electron chi connectivity index (χ4n) is 1.49. The summed E-state index contributed by atoms with van der Waals surface area (Å²) < 4.78 is 5.12. The van der Waals surface area contributed by atoms with Gasteiger partial charge in [-0.25, -0.2) is 0 Å². The van der Waals surface area contributed by atoms with Crippen molar-refractivity contribution in [2.75, 3.05) is 0 Å². The molecule has 5 heteroatoms. The summed E-state index contributed by atoms with van der Waals surface area (Å²) in [6.45, 7) is 2.01. The van der Waals surface area contributed by atoms with Crippen molar-refractivity contribution in [2.45, 2.75) is 38.1 Å². The van der Waals surface area contributed by atoms with Gasteiger partial charge in [-0.3, -0.25) is 4.79 Å². The fraction of sp³-hybridized carbons (Fsp3) is 0.545. The predicted molar refractivity (Wildman–Crippen MR) is 63.7 cm³/mol. The molecule has 0 fully saturated rings. The molecule has 16 heavy (non-hydrogen) atoms. The number of furan rings is 1. The topological polar surface area (TPSA) is 76.5 Å². The van der Waals surface area contributed by atoms with E-state index < -0.39 is 11.5 Å². The first kappa shape index (κ1) is 15.0. The highest BCUT2D eigenvalue weighted by molar-refractivity contribution is 5.85. The Morgan fingerprint density at radius 3 is 2.75 bits per heavy atom. The number of unbranched alkanes of at least 4 members (excludes halogenated alkanes) is 1. The van der Waals surface area contributed by atoms with Crippen LogP contribution in [0.3, 0.4) is 0 Å². The minimum atomic E-state index is -1.20. The van der Waals surface area contributed by atoms with Crippen LogP contribution in [0.15, 0.2) is 22.8 Å². The average molecular weight is 248 g/mol. The minimum Gasteiger partial charge on any atom is -0.480 e. The molecule has 0 spiro atoms. The number of hydrogen-bond acceptors (Lipinski definition) is 3. The van der Waals surface area contributed by atoms with Gasteiger partial charge in [0.15, 0.2) is 0 Å². The molecule has 0 aliphatic rings. The van der Waals surface area contributed by atoms with Gasteiger partial charge in [-0.15, -0.1) is 12.4 Å². The summed E-state index contributed by atoms with van der Waals surface area (Å²) in [5.74, 6) is -0.344. The summed E-state index contributed by atoms with van der Waals surface area (Å²) in [6.07, 6.45) is 3.99. The van der Waals surface area contributed by atoms with Crippen molar-refractivity contribution in [1.82, 2.24) is 0 Å². The molecule has 4 nitrogen and oxygen atoms in total. The Labute approximate surface area is 101 Å². The molecule has 1 rings (SSSR count). The minimum absolute atomic E-state index is 0. The van der Waals surface area contributed by atoms with Gasteiger partial charge in [0.2, 0.25) is 0 Å². The lowest BCUT2D eigenvalue weighted by Crippen LogP contribution is -2.49. The van der Waals surface area contributed by atoms with E-state index in [4.69, 9.17) is 15.3 Å². The number of halogens is 1. The van der Waals surface area contributed by atoms with Gasteiger partial charge in [-0.1, -0.05) is 19.8 Å². The SMILES string of the molecule is CCCC[C@@](N)(Cc1ccco1)C(=O)O.Cl. The Hall–Kier alpha value is -1.00. The first-order valence-electron chi connectivity index (χ1n) is 5.13. The third-order valence-corrected chi connectivity index (χ3v) is 2.47. The highest BCUT2D eigenvalue weighted by Gasteiger charge is 2.34. The Morgan fingerprint density at radius 2 is 2.31 bits per heavy atom. The van der Waals surface area contributed by atoms with Crippen molar-refractivity contribution in [3.63, 3.8) is 0 Å². The molecule has 0 unspecified atom stereocenters. The molecule has 1 aromatic rings. The summed E-state index contributed by atoms with van der Waals surface area (Å²) in [6, 6.07) is 3.48. The number of hydrogen-bond donors (Lipinski definition) is 2. The van der Waals surface area contributed by atoms with Crippen LogP contribution in [0.4, 0.5) is 0 Å². The molecule has 0 saturated carbocycles. The van der Waals surface area contributed by atoms with E-state index in [1.807, 2.05) is 6.92 Å². The molecule has 1 aromatic heterocycles. The Balaban J connectivity index is 0.00000225. The monoisotopic (exact) mass is 247 g/mol. The van der Waals surface area contributed by atoms with Crippen LogP contribution in [0.5, 0.6) is 0 Å². The van der Waals surface area contributed by atoms with E-state index >= 15 is 0 Å². The lowest BCUT2D eigenvalue weighted by Gasteiger charge is -2.23. The molecule has 0 saturated heterocycles. The van der Waals surface area contributed by atoms with Gasteiger partial charge in [-0.2, -0.15) is 0 Å². The fourth-order valence-corrected chi connectivity index (χ4v) is 1.49. The Kier molecular flexibility index (Phi) is 6.14. The molecule has 0 bridgehead atoms. The van der Waals surface area contributed by atoms with Gasteiger partial charge < -0.3 is 15.3 Å². The van der Waals surface area contributed by atoms with Crippen molar-refractivity contribution in [3.05, 3.63) is 24.2 Å². The first-order chi connectivity index (χ1) is 7.08. The van der Waals surface area contributed by atoms with Crippen LogP contribution in [-0.2, 0) is 11.2 Å². The summed E-state index contributed by atoms with van der Waals surface area (Å²) in [5, 5.41) is 9.09. The number of rotatable bonds is 6. The van der Waals surface area contributed by atoms with Gasteiger partial charge in [0.05, 0.1) is 6.26 Å². The molecule has 0 radical (unpaired) electrons. The highest BCUT2D eigenvalue weighted by atomic mass is 35.5. The van der Waals surface area contributed by atoms with Crippen molar-refractivity contribution in [3.8, 4) is 0 Å². The number of carbonyl (C=O) groups is 1. The molecule has 0 amide bonds. The zero-order valence-electron chi connectivity index (χ0n) is 9.31. The molecule has 1 atom stereocenters. The van der Waals surface area contributed by atoms with Crippen LogP contribution < -0.4 is 5.73 Å². The zero-order chi connectivity index (χ0) is 11.3. The maximum Gasteiger partial charge on any atom is 0.324 e. The van der Waals surface area contributed by atoms with Gasteiger partial charge in [0.25, 0.3) is 0 Å². The number of aliphatic carboxylic acids is 1. The van der Waals surface area contributed by atoms with Crippen LogP contribution in [-0.4, -0.2) is 16.6 Å². The maximum absolute atomic E-state index is 11.1. The second-order valence-electron chi connectivity index (χ2n) is 3.82. The van der Waals surface area contributed by atoms with E-state index in [1.54, 1.807) is 12.1 Å². The van der Waals surface area contributed by atoms with E-state index in [2.05, 4.69) is 0 Å². The molecular weight excluding hydrogens is 230 g/mol. The van der Waals surface area contributed by atoms with Crippen molar-refractivity contribution >= 4 is 18.4 Å². The highest BCUT2D eigenvalue weighted by Crippen LogP contribution is 2.18. The van der Waals surface area contributed by atoms with Gasteiger partial charge >= 0.3 is 5.97 Å². The summed E-state index contributed by atoms with van der Waals surface area (Å²) in [4.78, 5) is 11.1. The van der Waals surface area contributed by atoms with Crippen LogP contribution in [0.25, 0.3) is 0 Å². The number of carboxylic acid groups (broad SMARTS) is 1. The van der Waals surface area contributed by atoms with Crippen molar-refractivity contribution < 1.29 is 14.3 Å². The molecular formula is C11H18ClNO3. The maximum atomic E-state index is 11.1. The summed E-state index contributed by atoms with van der Waals surface area (Å²) in [7, 11) is 0. The smallest absolute Gasteiger partial charge is 0.324 e. The lowest BCUT2D eigenvalue weighted by atomic mass is 9.89. The van der Waals surface area contributed by atoms with E-state index in [-0.39, 0.29) is 18.8 Å². The van der Waals surface area contributed by atoms with Gasteiger partial charge in [0.1, 0.15) is 11.3 Å². The average Bonchev–Trinajstić information content (AvgIpc) is 2.67. The molecule has 0 aromatic carbocycles. The van der Waals surface area contributed by atoms with Gasteiger partial charge in [0, 0.05) is 6.42 Å². The third-order valence-electron chi connectivity index (χ3n) is 2.47. The van der Waals surface area contributed by atoms with E-state index in [1.165, 1.54) is 6.26 Å². The number of nitrogens with two attached hydrogens (primary N) is 1. The van der Waals surface area contributed by atoms with Crippen LogP contribution >= 0.6 is 12.4 Å². The predicted octanol–water partition coefficient (Wildman–Crippen LogP) is 2.22. The van der Waals surface area contributed by atoms with Crippen LogP contribution in [0.2, 0.25) is 0 Å². The zero-order valence-corrected chi connectivity index (χ0v) is 10.1. The van der Waals surface area contributed by atoms with Crippen molar-refractivity contribution in [1.29, 1.82) is 0 Å². The normalized spacial score (nSPS) is 13.9. The molecule has 0 aliphatic carbocycles. The quantitative estimate of drug-likeness (QED) is 0.808. The van der Waals surface area contributed by atoms with Crippen LogP contribution in [0.1, 0.15) is 31.9 Å². The Morgan fingerprint density at radius 1 is 1.62 bits per heavy atom. The molecule has 3 N–H and O–H groups in total. The third kappa shape index (κ3) is 3.87. The van der Waals surface area contributed by atoms with E-state index in [0.717, 1.165) is 12.8 Å². The molecule has 0 aliphatic heterocycles. The second-order valence-corrected chi connectivity index (χ2v) is 3.82. The molecule has 92 valence electrons. The number of carboxylic acids is 1. The summed E-state index contributed by atoms with van der Waals surface area (Å²) >= 11 is 0. The van der Waals surface area contributed by atoms with Crippen LogP contribution in [0, 0.1) is 0 Å². The first-order valence-corrected chi connectivity index (χ1v) is 5.13. The Bertz CT molecular complexity index is 313. The van der Waals surface area contributed by atoms with E-state index in [0.29, 0.717) is 12.2 Å². The van der Waals surface area contributed by atoms with Crippen molar-refractivity contribution in [2.24, 2.45) is 5.73 Å².